The summed E-state index contributed by atoms with van der Waals surface area (Å²) in [7, 11) is 12.5. The molecule has 0 unspecified atom stereocenters. The molecule has 0 bridgehead atoms. The number of nitrogens with zero attached hydrogens (tertiary/aromatic N) is 5. The first kappa shape index (κ1) is 14.4. The molecule has 0 atom stereocenters. The van der Waals surface area contributed by atoms with Crippen LogP contribution in [0.4, 0.5) is 0 Å². The van der Waals surface area contributed by atoms with Crippen LogP contribution >= 0.6 is 8.37 Å². The van der Waals surface area contributed by atoms with E-state index < -0.39 is 8.37 Å². The molecule has 0 spiro atoms. The quantitative estimate of drug-likeness (QED) is 0.533. The molecule has 0 N–H and O–H groups in total. The van der Waals surface area contributed by atoms with Gasteiger partial charge in [0.25, 0.3) is 0 Å². The highest BCUT2D eigenvalue weighted by molar-refractivity contribution is 7.54. The Hall–Kier alpha value is 0.360. The molecule has 1 heterocycles. The van der Waals surface area contributed by atoms with Crippen molar-refractivity contribution >= 4 is 22.3 Å². The highest BCUT2D eigenvalue weighted by Gasteiger charge is 2.47. The Morgan fingerprint density at radius 2 is 1.12 bits per heavy atom. The average molecular weight is 243 g/mol. The van der Waals surface area contributed by atoms with Crippen molar-refractivity contribution in [2.45, 2.75) is 13.6 Å². The fourth-order valence-corrected chi connectivity index (χ4v) is 4.69. The van der Waals surface area contributed by atoms with Gasteiger partial charge in [-0.25, -0.2) is 0 Å². The summed E-state index contributed by atoms with van der Waals surface area (Å²) in [5.41, 5.74) is 0. The number of rotatable bonds is 3. The van der Waals surface area contributed by atoms with Gasteiger partial charge < -0.3 is 4.49 Å². The Bertz CT molecular complexity index is 220. The largest absolute Gasteiger partial charge is 0.316 e. The SMILES string of the molecule is CB1N(C)N(C)B(C)N1P(N(C)C)N(C)C. The Morgan fingerprint density at radius 1 is 0.812 bits per heavy atom. The summed E-state index contributed by atoms with van der Waals surface area (Å²) in [6.45, 7) is 5.41. The van der Waals surface area contributed by atoms with Gasteiger partial charge in [0.1, 0.15) is 0 Å². The third-order valence-corrected chi connectivity index (χ3v) is 5.78. The molecule has 8 heteroatoms. The topological polar surface area (TPSA) is 16.2 Å². The van der Waals surface area contributed by atoms with Crippen LogP contribution in [-0.4, -0.2) is 79.9 Å². The van der Waals surface area contributed by atoms with Crippen molar-refractivity contribution in [2.24, 2.45) is 0 Å². The predicted molar refractivity (Wildman–Crippen MR) is 74.9 cm³/mol. The standard InChI is InChI=1S/C8H24B2N5P/c1-9-13(7)14(8)10(2)15(9)16(11(3)4)12(5)6/h1-8H3. The third kappa shape index (κ3) is 2.45. The van der Waals surface area contributed by atoms with Crippen molar-refractivity contribution in [3.63, 3.8) is 0 Å². The zero-order valence-electron chi connectivity index (χ0n) is 11.8. The summed E-state index contributed by atoms with van der Waals surface area (Å²) in [5.74, 6) is 0. The van der Waals surface area contributed by atoms with Gasteiger partial charge in [-0.05, 0) is 42.3 Å². The van der Waals surface area contributed by atoms with Gasteiger partial charge in [0.05, 0.1) is 8.37 Å². The maximum absolute atomic E-state index is 2.56. The molecule has 1 rings (SSSR count). The minimum absolute atomic E-state index is 0.395. The number of hydrogen-bond acceptors (Lipinski definition) is 5. The highest BCUT2D eigenvalue weighted by atomic mass is 31.2. The smallest absolute Gasteiger partial charge is 0.307 e. The third-order valence-electron chi connectivity index (χ3n) is 3.27. The molecule has 16 heavy (non-hydrogen) atoms. The molecule has 1 fully saturated rings. The van der Waals surface area contributed by atoms with E-state index in [1.165, 1.54) is 0 Å². The first-order valence-electron chi connectivity index (χ1n) is 5.67. The molecule has 0 aromatic carbocycles. The van der Waals surface area contributed by atoms with E-state index in [1.807, 2.05) is 0 Å². The molecular weight excluding hydrogens is 219 g/mol. The molecule has 0 aromatic rings. The van der Waals surface area contributed by atoms with Crippen LogP contribution in [0.5, 0.6) is 0 Å². The van der Waals surface area contributed by atoms with Crippen molar-refractivity contribution in [3.05, 3.63) is 0 Å². The summed E-state index contributed by atoms with van der Waals surface area (Å²) in [4.78, 5) is 4.60. The van der Waals surface area contributed by atoms with Gasteiger partial charge in [-0.15, -0.1) is 0 Å². The zero-order chi connectivity index (χ0) is 12.6. The van der Waals surface area contributed by atoms with Crippen LogP contribution in [0.25, 0.3) is 0 Å². The lowest BCUT2D eigenvalue weighted by Crippen LogP contribution is -2.44. The number of hydrazine groups is 1. The van der Waals surface area contributed by atoms with Crippen LogP contribution in [0.1, 0.15) is 0 Å². The van der Waals surface area contributed by atoms with Gasteiger partial charge in [-0.2, -0.15) is 0 Å². The Morgan fingerprint density at radius 3 is 1.38 bits per heavy atom. The normalized spacial score (nSPS) is 21.2. The maximum atomic E-state index is 2.56. The van der Waals surface area contributed by atoms with Gasteiger partial charge in [-0.1, -0.05) is 13.6 Å². The van der Waals surface area contributed by atoms with E-state index in [0.29, 0.717) is 14.0 Å². The Labute approximate surface area is 102 Å². The minimum atomic E-state index is -0.395. The van der Waals surface area contributed by atoms with Gasteiger partial charge in [0.2, 0.25) is 0 Å². The molecule has 1 saturated heterocycles. The fourth-order valence-electron chi connectivity index (χ4n) is 2.25. The molecule has 5 nitrogen and oxygen atoms in total. The van der Waals surface area contributed by atoms with Gasteiger partial charge in [-0.3, -0.25) is 19.2 Å². The first-order chi connectivity index (χ1) is 7.29. The molecule has 0 aliphatic carbocycles. The molecular formula is C8H24B2N5P. The lowest BCUT2D eigenvalue weighted by Gasteiger charge is -2.40. The monoisotopic (exact) mass is 243 g/mol. The van der Waals surface area contributed by atoms with Crippen LogP contribution in [0.15, 0.2) is 0 Å². The molecule has 0 saturated carbocycles. The van der Waals surface area contributed by atoms with E-state index in [1.54, 1.807) is 0 Å². The van der Waals surface area contributed by atoms with Crippen molar-refractivity contribution in [1.82, 2.24) is 23.7 Å². The van der Waals surface area contributed by atoms with Crippen LogP contribution in [0.3, 0.4) is 0 Å². The highest BCUT2D eigenvalue weighted by Crippen LogP contribution is 2.47. The van der Waals surface area contributed by atoms with E-state index in [0.717, 1.165) is 0 Å². The lowest BCUT2D eigenvalue weighted by molar-refractivity contribution is 0.245. The predicted octanol–water partition coefficient (Wildman–Crippen LogP) is 0.667. The van der Waals surface area contributed by atoms with E-state index in [-0.39, 0.29) is 0 Å². The van der Waals surface area contributed by atoms with Crippen molar-refractivity contribution in [1.29, 1.82) is 0 Å². The van der Waals surface area contributed by atoms with Crippen LogP contribution in [-0.2, 0) is 0 Å². The fraction of sp³-hybridized carbons (Fsp3) is 1.00. The molecule has 0 amide bonds. The first-order valence-corrected chi connectivity index (χ1v) is 6.87. The second-order valence-corrected chi connectivity index (χ2v) is 7.35. The maximum Gasteiger partial charge on any atom is 0.316 e. The average Bonchev–Trinajstić information content (AvgIpc) is 2.34. The van der Waals surface area contributed by atoms with Crippen LogP contribution in [0, 0.1) is 0 Å². The van der Waals surface area contributed by atoms with E-state index >= 15 is 0 Å². The molecule has 0 aromatic heterocycles. The zero-order valence-corrected chi connectivity index (χ0v) is 12.7. The van der Waals surface area contributed by atoms with Gasteiger partial charge >= 0.3 is 14.0 Å². The number of hydrogen-bond donors (Lipinski definition) is 0. The van der Waals surface area contributed by atoms with E-state index in [4.69, 9.17) is 0 Å². The van der Waals surface area contributed by atoms with E-state index in [9.17, 15) is 0 Å². The Balaban J connectivity index is 2.93. The molecule has 0 radical (unpaired) electrons. The summed E-state index contributed by atoms with van der Waals surface area (Å²) < 4.78 is 7.19. The lowest BCUT2D eigenvalue weighted by atomic mass is 9.70. The summed E-state index contributed by atoms with van der Waals surface area (Å²) >= 11 is 0. The summed E-state index contributed by atoms with van der Waals surface area (Å²) in [5, 5.41) is 0. The molecule has 92 valence electrons. The van der Waals surface area contributed by atoms with Crippen molar-refractivity contribution in [2.75, 3.05) is 42.3 Å². The molecule has 1 aliphatic heterocycles. The second-order valence-electron chi connectivity index (χ2n) is 4.75. The minimum Gasteiger partial charge on any atom is -0.307 e. The summed E-state index contributed by atoms with van der Waals surface area (Å²) in [6, 6.07) is 0. The molecule has 1 aliphatic rings. The van der Waals surface area contributed by atoms with Crippen molar-refractivity contribution in [3.8, 4) is 0 Å². The Kier molecular flexibility index (Phi) is 4.81. The van der Waals surface area contributed by atoms with Crippen LogP contribution < -0.4 is 0 Å². The summed E-state index contributed by atoms with van der Waals surface area (Å²) in [6.07, 6.45) is 0. The van der Waals surface area contributed by atoms with Gasteiger partial charge in [0.15, 0.2) is 0 Å². The second kappa shape index (κ2) is 5.34. The van der Waals surface area contributed by atoms with Crippen LogP contribution in [0.2, 0.25) is 13.6 Å². The van der Waals surface area contributed by atoms with Gasteiger partial charge in [0, 0.05) is 0 Å². The van der Waals surface area contributed by atoms with Crippen molar-refractivity contribution < 1.29 is 0 Å². The van der Waals surface area contributed by atoms with E-state index in [2.05, 4.69) is 79.6 Å².